The first-order valence-corrected chi connectivity index (χ1v) is 6.45. The van der Waals surface area contributed by atoms with Crippen molar-refractivity contribution in [3.63, 3.8) is 0 Å². The largest absolute Gasteiger partial charge is 0.497 e. The van der Waals surface area contributed by atoms with Crippen LogP contribution in [0.1, 0.15) is 28.3 Å². The Bertz CT molecular complexity index is 610. The van der Waals surface area contributed by atoms with E-state index in [1.54, 1.807) is 7.11 Å². The summed E-state index contributed by atoms with van der Waals surface area (Å²) >= 11 is 0. The molecule has 98 valence electrons. The summed E-state index contributed by atoms with van der Waals surface area (Å²) in [6, 6.07) is 8.05. The number of hydrogen-bond donors (Lipinski definition) is 1. The van der Waals surface area contributed by atoms with Crippen LogP contribution in [0.15, 0.2) is 24.3 Å². The maximum Gasteiger partial charge on any atom is 0.133 e. The molecule has 0 fully saturated rings. The molecule has 0 saturated carbocycles. The molecular formula is C15H17N3O. The average Bonchev–Trinajstić information content (AvgIpc) is 2.88. The van der Waals surface area contributed by atoms with E-state index in [4.69, 9.17) is 4.74 Å². The van der Waals surface area contributed by atoms with Gasteiger partial charge in [-0.3, -0.25) is 0 Å². The molecule has 1 aromatic carbocycles. The van der Waals surface area contributed by atoms with Gasteiger partial charge in [0, 0.05) is 30.8 Å². The van der Waals surface area contributed by atoms with Crippen LogP contribution < -0.4 is 10.1 Å². The maximum absolute atomic E-state index is 5.24. The fraction of sp³-hybridized carbons (Fsp3) is 0.333. The van der Waals surface area contributed by atoms with E-state index in [2.05, 4.69) is 28.3 Å². The molecule has 0 atom stereocenters. The molecule has 2 heterocycles. The second-order valence-corrected chi connectivity index (χ2v) is 4.78. The number of aromatic nitrogens is 2. The summed E-state index contributed by atoms with van der Waals surface area (Å²) in [5.74, 6) is 1.75. The maximum atomic E-state index is 5.24. The van der Waals surface area contributed by atoms with E-state index in [-0.39, 0.29) is 0 Å². The second kappa shape index (κ2) is 4.97. The molecule has 0 amide bonds. The van der Waals surface area contributed by atoms with Crippen molar-refractivity contribution in [2.75, 3.05) is 7.11 Å². The van der Waals surface area contributed by atoms with Gasteiger partial charge in [-0.05, 0) is 24.6 Å². The lowest BCUT2D eigenvalue weighted by Gasteiger charge is -2.07. The predicted octanol–water partition coefficient (Wildman–Crippen LogP) is 1.99. The molecule has 4 nitrogen and oxygen atoms in total. The van der Waals surface area contributed by atoms with E-state index >= 15 is 0 Å². The zero-order chi connectivity index (χ0) is 13.2. The summed E-state index contributed by atoms with van der Waals surface area (Å²) in [5, 5.41) is 3.32. The molecular weight excluding hydrogens is 238 g/mol. The highest BCUT2D eigenvalue weighted by Gasteiger charge is 2.16. The van der Waals surface area contributed by atoms with Crippen molar-refractivity contribution >= 4 is 0 Å². The summed E-state index contributed by atoms with van der Waals surface area (Å²) in [6.07, 6.45) is 0.741. The van der Waals surface area contributed by atoms with Crippen LogP contribution in [0, 0.1) is 6.92 Å². The van der Waals surface area contributed by atoms with E-state index in [1.165, 1.54) is 11.1 Å². The minimum absolute atomic E-state index is 0.741. The first kappa shape index (κ1) is 12.1. The lowest BCUT2D eigenvalue weighted by molar-refractivity contribution is 0.414. The van der Waals surface area contributed by atoms with Crippen molar-refractivity contribution in [2.24, 2.45) is 0 Å². The van der Waals surface area contributed by atoms with Crippen molar-refractivity contribution in [3.05, 3.63) is 52.6 Å². The Balaban J connectivity index is 1.89. The van der Waals surface area contributed by atoms with E-state index < -0.39 is 0 Å². The standard InChI is InChI=1S/C15H17N3O/c1-10-13-8-16-9-14(13)18-15(17-10)7-11-4-3-5-12(6-11)19-2/h3-6,16H,7-9H2,1-2H3. The molecule has 0 aliphatic carbocycles. The smallest absolute Gasteiger partial charge is 0.133 e. The Labute approximate surface area is 112 Å². The summed E-state index contributed by atoms with van der Waals surface area (Å²) in [6.45, 7) is 3.80. The van der Waals surface area contributed by atoms with Crippen molar-refractivity contribution in [2.45, 2.75) is 26.4 Å². The first-order valence-electron chi connectivity index (χ1n) is 6.45. The fourth-order valence-corrected chi connectivity index (χ4v) is 2.44. The number of nitrogens with one attached hydrogen (secondary N) is 1. The molecule has 0 saturated heterocycles. The van der Waals surface area contributed by atoms with Crippen LogP contribution in [-0.4, -0.2) is 17.1 Å². The van der Waals surface area contributed by atoms with Crippen molar-refractivity contribution in [1.82, 2.24) is 15.3 Å². The molecule has 0 bridgehead atoms. The molecule has 1 aliphatic heterocycles. The minimum atomic E-state index is 0.741. The van der Waals surface area contributed by atoms with Gasteiger partial charge in [-0.25, -0.2) is 9.97 Å². The van der Waals surface area contributed by atoms with Gasteiger partial charge < -0.3 is 10.1 Å². The van der Waals surface area contributed by atoms with Crippen LogP contribution in [0.3, 0.4) is 0 Å². The SMILES string of the molecule is COc1cccc(Cc2nc(C)c3c(n2)CNC3)c1. The van der Waals surface area contributed by atoms with Crippen LogP contribution in [-0.2, 0) is 19.5 Å². The Morgan fingerprint density at radius 2 is 2.16 bits per heavy atom. The third-order valence-electron chi connectivity index (χ3n) is 3.44. The fourth-order valence-electron chi connectivity index (χ4n) is 2.44. The Kier molecular flexibility index (Phi) is 3.17. The van der Waals surface area contributed by atoms with Gasteiger partial charge in [0.1, 0.15) is 11.6 Å². The number of benzene rings is 1. The normalized spacial score (nSPS) is 13.4. The zero-order valence-electron chi connectivity index (χ0n) is 11.2. The summed E-state index contributed by atoms with van der Waals surface area (Å²) in [7, 11) is 1.68. The van der Waals surface area contributed by atoms with Gasteiger partial charge >= 0.3 is 0 Å². The van der Waals surface area contributed by atoms with Gasteiger partial charge in [-0.15, -0.1) is 0 Å². The Hall–Kier alpha value is -1.94. The quantitative estimate of drug-likeness (QED) is 0.911. The van der Waals surface area contributed by atoms with Crippen LogP contribution in [0.5, 0.6) is 5.75 Å². The molecule has 0 spiro atoms. The number of aryl methyl sites for hydroxylation is 1. The zero-order valence-corrected chi connectivity index (χ0v) is 11.2. The van der Waals surface area contributed by atoms with Crippen molar-refractivity contribution in [1.29, 1.82) is 0 Å². The van der Waals surface area contributed by atoms with E-state index in [0.29, 0.717) is 0 Å². The molecule has 0 radical (unpaired) electrons. The number of ether oxygens (including phenoxy) is 1. The molecule has 3 rings (SSSR count). The monoisotopic (exact) mass is 255 g/mol. The molecule has 1 aromatic heterocycles. The highest BCUT2D eigenvalue weighted by atomic mass is 16.5. The number of methoxy groups -OCH3 is 1. The summed E-state index contributed by atoms with van der Waals surface area (Å²) in [5.41, 5.74) is 4.66. The molecule has 4 heteroatoms. The van der Waals surface area contributed by atoms with Gasteiger partial charge in [-0.1, -0.05) is 12.1 Å². The van der Waals surface area contributed by atoms with Gasteiger partial charge in [0.25, 0.3) is 0 Å². The molecule has 0 unspecified atom stereocenters. The number of rotatable bonds is 3. The van der Waals surface area contributed by atoms with Crippen molar-refractivity contribution in [3.8, 4) is 5.75 Å². The van der Waals surface area contributed by atoms with Gasteiger partial charge in [0.2, 0.25) is 0 Å². The molecule has 1 aliphatic rings. The molecule has 2 aromatic rings. The highest BCUT2D eigenvalue weighted by Crippen LogP contribution is 2.19. The van der Waals surface area contributed by atoms with Gasteiger partial charge in [0.05, 0.1) is 12.8 Å². The van der Waals surface area contributed by atoms with Gasteiger partial charge in [0.15, 0.2) is 0 Å². The van der Waals surface area contributed by atoms with Crippen molar-refractivity contribution < 1.29 is 4.74 Å². The highest BCUT2D eigenvalue weighted by molar-refractivity contribution is 5.32. The van der Waals surface area contributed by atoms with Crippen LogP contribution >= 0.6 is 0 Å². The predicted molar refractivity (Wildman–Crippen MR) is 73.1 cm³/mol. The lowest BCUT2D eigenvalue weighted by atomic mass is 10.1. The van der Waals surface area contributed by atoms with E-state index in [9.17, 15) is 0 Å². The molecule has 1 N–H and O–H groups in total. The Morgan fingerprint density at radius 1 is 1.26 bits per heavy atom. The number of fused-ring (bicyclic) bond motifs is 1. The van der Waals surface area contributed by atoms with Crippen LogP contribution in [0.25, 0.3) is 0 Å². The molecule has 19 heavy (non-hydrogen) atoms. The topological polar surface area (TPSA) is 47.0 Å². The van der Waals surface area contributed by atoms with E-state index in [0.717, 1.165) is 42.5 Å². The third kappa shape index (κ3) is 2.44. The number of hydrogen-bond acceptors (Lipinski definition) is 4. The minimum Gasteiger partial charge on any atom is -0.497 e. The van der Waals surface area contributed by atoms with Crippen LogP contribution in [0.4, 0.5) is 0 Å². The van der Waals surface area contributed by atoms with Crippen LogP contribution in [0.2, 0.25) is 0 Å². The average molecular weight is 255 g/mol. The third-order valence-corrected chi connectivity index (χ3v) is 3.44. The van der Waals surface area contributed by atoms with Gasteiger partial charge in [-0.2, -0.15) is 0 Å². The Morgan fingerprint density at radius 3 is 3.00 bits per heavy atom. The number of nitrogens with zero attached hydrogens (tertiary/aromatic N) is 2. The van der Waals surface area contributed by atoms with E-state index in [1.807, 2.05) is 18.2 Å². The first-order chi connectivity index (χ1) is 9.26. The summed E-state index contributed by atoms with van der Waals surface area (Å²) in [4.78, 5) is 9.25. The lowest BCUT2D eigenvalue weighted by Crippen LogP contribution is -2.04. The summed E-state index contributed by atoms with van der Waals surface area (Å²) < 4.78 is 5.24. The second-order valence-electron chi connectivity index (χ2n) is 4.78.